The van der Waals surface area contributed by atoms with Gasteiger partial charge in [0.1, 0.15) is 5.54 Å². The smallest absolute Gasteiger partial charge is 0.252 e. The number of aromatic nitrogens is 1. The predicted molar refractivity (Wildman–Crippen MR) is 198 cm³/mol. The van der Waals surface area contributed by atoms with E-state index < -0.39 is 5.54 Å². The molecule has 4 aromatic rings. The Bertz CT molecular complexity index is 1860. The molecule has 0 unspecified atom stereocenters. The van der Waals surface area contributed by atoms with E-state index in [-0.39, 0.29) is 16.9 Å². The van der Waals surface area contributed by atoms with Crippen molar-refractivity contribution < 1.29 is 14.4 Å². The minimum Gasteiger partial charge on any atom is -0.383 e. The molecule has 248 valence electrons. The summed E-state index contributed by atoms with van der Waals surface area (Å²) in [5.41, 5.74) is 7.34. The molecule has 2 saturated carbocycles. The molecule has 0 bridgehead atoms. The van der Waals surface area contributed by atoms with Gasteiger partial charge in [-0.15, -0.1) is 0 Å². The molecule has 0 spiro atoms. The predicted octanol–water partition coefficient (Wildman–Crippen LogP) is 8.76. The number of thioether (sulfide) groups is 1. The summed E-state index contributed by atoms with van der Waals surface area (Å²) in [6.07, 6.45) is 12.5. The Hall–Kier alpha value is -4.30. The van der Waals surface area contributed by atoms with E-state index in [1.165, 1.54) is 66.1 Å². The van der Waals surface area contributed by atoms with E-state index in [4.69, 9.17) is 0 Å². The van der Waals surface area contributed by atoms with Crippen LogP contribution in [0.4, 0.5) is 11.4 Å². The van der Waals surface area contributed by atoms with Crippen LogP contribution >= 0.6 is 11.8 Å². The summed E-state index contributed by atoms with van der Waals surface area (Å²) in [7, 11) is 0. The average Bonchev–Trinajstić information content (AvgIpc) is 3.66. The Morgan fingerprint density at radius 1 is 0.958 bits per heavy atom. The van der Waals surface area contributed by atoms with E-state index in [0.717, 1.165) is 48.5 Å². The van der Waals surface area contributed by atoms with Crippen LogP contribution in [0.3, 0.4) is 0 Å². The zero-order chi connectivity index (χ0) is 33.1. The molecular formula is C40H44N4O3S. The van der Waals surface area contributed by atoms with Crippen molar-refractivity contribution >= 4 is 57.0 Å². The van der Waals surface area contributed by atoms with Gasteiger partial charge >= 0.3 is 0 Å². The van der Waals surface area contributed by atoms with Crippen LogP contribution in [0.1, 0.15) is 92.1 Å². The second-order valence-electron chi connectivity index (χ2n) is 13.4. The molecule has 2 fully saturated rings. The highest BCUT2D eigenvalue weighted by Gasteiger charge is 2.43. The fourth-order valence-corrected chi connectivity index (χ4v) is 8.40. The van der Waals surface area contributed by atoms with Gasteiger partial charge in [0, 0.05) is 46.5 Å². The fourth-order valence-electron chi connectivity index (χ4n) is 7.95. The van der Waals surface area contributed by atoms with Gasteiger partial charge < -0.3 is 20.5 Å². The number of nitrogens with one attached hydrogen (secondary N) is 3. The van der Waals surface area contributed by atoms with Crippen LogP contribution in [-0.4, -0.2) is 39.3 Å². The molecule has 8 heteroatoms. The van der Waals surface area contributed by atoms with Crippen molar-refractivity contribution in [1.29, 1.82) is 0 Å². The molecule has 0 atom stereocenters. The molecule has 1 aromatic heterocycles. The molecule has 48 heavy (non-hydrogen) atoms. The lowest BCUT2D eigenvalue weighted by atomic mass is 9.81. The third-order valence-electron chi connectivity index (χ3n) is 10.3. The lowest BCUT2D eigenvalue weighted by molar-refractivity contribution is -0.122. The number of fused-ring (bicyclic) bond motifs is 5. The molecule has 2 amide bonds. The van der Waals surface area contributed by atoms with Gasteiger partial charge in [-0.2, -0.15) is 0 Å². The summed E-state index contributed by atoms with van der Waals surface area (Å²) in [6, 6.07) is 22.2. The SMILES string of the molecule is CCSC(=O)/C=C/c1ccc(NC(=O)C2(NC(=O)c3ccc4c(C5CCCCC5)c5n(c4c3)CCNc3ccccc3-5)CCCC2)cc1. The van der Waals surface area contributed by atoms with Gasteiger partial charge in [-0.1, -0.05) is 93.3 Å². The maximum Gasteiger partial charge on any atom is 0.252 e. The number of amides is 2. The van der Waals surface area contributed by atoms with Crippen molar-refractivity contribution in [3.63, 3.8) is 0 Å². The molecule has 7 nitrogen and oxygen atoms in total. The number of hydrogen-bond acceptors (Lipinski definition) is 5. The van der Waals surface area contributed by atoms with Gasteiger partial charge in [0.25, 0.3) is 5.91 Å². The summed E-state index contributed by atoms with van der Waals surface area (Å²) >= 11 is 1.27. The number of para-hydroxylation sites is 1. The molecular weight excluding hydrogens is 617 g/mol. The van der Waals surface area contributed by atoms with Crippen molar-refractivity contribution in [2.24, 2.45) is 0 Å². The van der Waals surface area contributed by atoms with Crippen LogP contribution in [0.5, 0.6) is 0 Å². The van der Waals surface area contributed by atoms with E-state index in [2.05, 4.69) is 50.8 Å². The van der Waals surface area contributed by atoms with Gasteiger partial charge in [-0.25, -0.2) is 0 Å². The first-order valence-electron chi connectivity index (χ1n) is 17.5. The van der Waals surface area contributed by atoms with Crippen molar-refractivity contribution in [2.45, 2.75) is 82.7 Å². The van der Waals surface area contributed by atoms with Crippen LogP contribution in [-0.2, 0) is 16.1 Å². The Morgan fingerprint density at radius 2 is 1.73 bits per heavy atom. The van der Waals surface area contributed by atoms with Crippen molar-refractivity contribution in [3.05, 3.63) is 89.5 Å². The minimum atomic E-state index is -0.972. The van der Waals surface area contributed by atoms with E-state index in [0.29, 0.717) is 30.0 Å². The van der Waals surface area contributed by atoms with Gasteiger partial charge in [0.2, 0.25) is 11.0 Å². The summed E-state index contributed by atoms with van der Waals surface area (Å²) in [5, 5.41) is 11.2. The Morgan fingerprint density at radius 3 is 2.50 bits per heavy atom. The molecule has 3 N–H and O–H groups in total. The highest BCUT2D eigenvalue weighted by atomic mass is 32.2. The molecule has 3 aliphatic rings. The summed E-state index contributed by atoms with van der Waals surface area (Å²) in [6.45, 7) is 3.57. The lowest BCUT2D eigenvalue weighted by Gasteiger charge is -2.29. The number of carbonyl (C=O) groups is 3. The minimum absolute atomic E-state index is 0.0206. The van der Waals surface area contributed by atoms with Crippen LogP contribution in [0.2, 0.25) is 0 Å². The topological polar surface area (TPSA) is 92.2 Å². The van der Waals surface area contributed by atoms with Gasteiger partial charge in [-0.3, -0.25) is 14.4 Å². The summed E-state index contributed by atoms with van der Waals surface area (Å²) < 4.78 is 2.42. The first-order valence-corrected chi connectivity index (χ1v) is 18.5. The molecule has 1 aliphatic heterocycles. The third kappa shape index (κ3) is 6.42. The van der Waals surface area contributed by atoms with E-state index in [9.17, 15) is 14.4 Å². The number of nitrogens with zero attached hydrogens (tertiary/aromatic N) is 1. The highest BCUT2D eigenvalue weighted by molar-refractivity contribution is 8.14. The largest absolute Gasteiger partial charge is 0.383 e. The van der Waals surface area contributed by atoms with Crippen molar-refractivity contribution in [1.82, 2.24) is 9.88 Å². The number of benzene rings is 3. The zero-order valence-corrected chi connectivity index (χ0v) is 28.5. The second-order valence-corrected chi connectivity index (χ2v) is 14.6. The van der Waals surface area contributed by atoms with Crippen LogP contribution in [0.15, 0.2) is 72.8 Å². The van der Waals surface area contributed by atoms with Crippen molar-refractivity contribution in [2.75, 3.05) is 22.9 Å². The summed E-state index contributed by atoms with van der Waals surface area (Å²) in [5.74, 6) is 0.835. The number of anilines is 2. The van der Waals surface area contributed by atoms with Crippen molar-refractivity contribution in [3.8, 4) is 11.3 Å². The standard InChI is InChI=1S/C40H44N4O3S/c1-2-48-35(45)21-16-27-14-18-30(19-15-27)42-39(47)40(22-8-9-23-40)43-38(46)29-17-20-32-34(26-29)44-25-24-41-33-13-7-6-12-31(33)37(44)36(32)28-10-4-3-5-11-28/h6-7,12-21,26,28,41H,2-5,8-11,22-25H2,1H3,(H,42,47)(H,43,46)/b21-16+. The Labute approximate surface area is 286 Å². The first kappa shape index (κ1) is 32.3. The van der Waals surface area contributed by atoms with E-state index in [1.54, 1.807) is 12.2 Å². The van der Waals surface area contributed by atoms with Gasteiger partial charge in [0.15, 0.2) is 0 Å². The Balaban J connectivity index is 1.16. The van der Waals surface area contributed by atoms with Crippen LogP contribution in [0, 0.1) is 0 Å². The number of rotatable bonds is 8. The fraction of sp³-hybridized carbons (Fsp3) is 0.375. The molecule has 2 heterocycles. The van der Waals surface area contributed by atoms with Crippen LogP contribution in [0.25, 0.3) is 28.2 Å². The van der Waals surface area contributed by atoms with Gasteiger partial charge in [-0.05, 0) is 84.9 Å². The molecule has 0 saturated heterocycles. The third-order valence-corrected chi connectivity index (χ3v) is 11.0. The molecule has 7 rings (SSSR count). The normalized spacial score (nSPS) is 17.4. The second kappa shape index (κ2) is 14.0. The molecule has 0 radical (unpaired) electrons. The van der Waals surface area contributed by atoms with E-state index >= 15 is 0 Å². The van der Waals surface area contributed by atoms with Gasteiger partial charge in [0.05, 0.1) is 5.69 Å². The average molecular weight is 661 g/mol. The summed E-state index contributed by atoms with van der Waals surface area (Å²) in [4.78, 5) is 39.7. The van der Waals surface area contributed by atoms with Crippen LogP contribution < -0.4 is 16.0 Å². The van der Waals surface area contributed by atoms with E-state index in [1.807, 2.05) is 43.3 Å². The number of carbonyl (C=O) groups excluding carboxylic acids is 3. The lowest BCUT2D eigenvalue weighted by Crippen LogP contribution is -2.55. The first-order chi connectivity index (χ1) is 23.5. The highest BCUT2D eigenvalue weighted by Crippen LogP contribution is 2.46. The monoisotopic (exact) mass is 660 g/mol. The molecule has 2 aliphatic carbocycles. The zero-order valence-electron chi connectivity index (χ0n) is 27.6. The maximum absolute atomic E-state index is 14.0. The Kier molecular flexibility index (Phi) is 9.44. The number of hydrogen-bond donors (Lipinski definition) is 3. The molecule has 3 aromatic carbocycles. The quantitative estimate of drug-likeness (QED) is 0.164. The maximum atomic E-state index is 14.0.